The van der Waals surface area contributed by atoms with Gasteiger partial charge in [-0.3, -0.25) is 4.98 Å². The predicted molar refractivity (Wildman–Crippen MR) is 116 cm³/mol. The van der Waals surface area contributed by atoms with Gasteiger partial charge in [-0.15, -0.1) is 0 Å². The number of ether oxygens (including phenoxy) is 1. The van der Waals surface area contributed by atoms with Crippen LogP contribution in [0.25, 0.3) is 17.2 Å². The minimum Gasteiger partial charge on any atom is -0.449 e. The zero-order valence-corrected chi connectivity index (χ0v) is 16.5. The summed E-state index contributed by atoms with van der Waals surface area (Å²) < 4.78 is 5.54. The molecule has 1 aromatic heterocycles. The van der Waals surface area contributed by atoms with E-state index in [1.807, 2.05) is 49.5 Å². The largest absolute Gasteiger partial charge is 0.449 e. The fourth-order valence-corrected chi connectivity index (χ4v) is 3.79. The number of benzene rings is 2. The maximum atomic E-state index is 12.1. The molecule has 0 saturated carbocycles. The van der Waals surface area contributed by atoms with Gasteiger partial charge in [-0.2, -0.15) is 0 Å². The van der Waals surface area contributed by atoms with Gasteiger partial charge in [-0.05, 0) is 52.8 Å². The molecule has 0 spiro atoms. The van der Waals surface area contributed by atoms with E-state index in [1.165, 1.54) is 22.3 Å². The van der Waals surface area contributed by atoms with Crippen molar-refractivity contribution in [2.75, 3.05) is 13.2 Å². The van der Waals surface area contributed by atoms with Crippen LogP contribution in [0.5, 0.6) is 0 Å². The van der Waals surface area contributed by atoms with Crippen LogP contribution in [0, 0.1) is 6.92 Å². The Bertz CT molecular complexity index is 997. The molecule has 3 aromatic rings. The van der Waals surface area contributed by atoms with Gasteiger partial charge >= 0.3 is 6.09 Å². The number of hydrogen-bond acceptors (Lipinski definition) is 3. The SMILES string of the molecule is Cc1cnccc1C=CCCNC(=O)OCC1c2ccccc2-c2ccccc21. The number of carbonyl (C=O) groups is 1. The first-order valence-corrected chi connectivity index (χ1v) is 9.90. The summed E-state index contributed by atoms with van der Waals surface area (Å²) in [5.74, 6) is 0.0858. The quantitative estimate of drug-likeness (QED) is 0.584. The summed E-state index contributed by atoms with van der Waals surface area (Å²) in [4.78, 5) is 16.2. The Hall–Kier alpha value is -3.40. The molecule has 1 aliphatic rings. The van der Waals surface area contributed by atoms with Crippen LogP contribution in [-0.2, 0) is 4.74 Å². The average molecular weight is 384 g/mol. The van der Waals surface area contributed by atoms with Crippen molar-refractivity contribution in [2.45, 2.75) is 19.3 Å². The summed E-state index contributed by atoms with van der Waals surface area (Å²) in [5.41, 5.74) is 7.17. The first-order valence-electron chi connectivity index (χ1n) is 9.90. The molecule has 0 radical (unpaired) electrons. The van der Waals surface area contributed by atoms with E-state index in [2.05, 4.69) is 40.6 Å². The third-order valence-corrected chi connectivity index (χ3v) is 5.29. The fraction of sp³-hybridized carbons (Fsp3) is 0.200. The molecule has 29 heavy (non-hydrogen) atoms. The average Bonchev–Trinajstić information content (AvgIpc) is 3.07. The molecular formula is C25H24N2O2. The summed E-state index contributed by atoms with van der Waals surface area (Å²) in [5, 5.41) is 2.83. The van der Waals surface area contributed by atoms with E-state index < -0.39 is 0 Å². The molecule has 0 unspecified atom stereocenters. The van der Waals surface area contributed by atoms with E-state index in [0.717, 1.165) is 17.5 Å². The van der Waals surface area contributed by atoms with Crippen molar-refractivity contribution in [1.29, 1.82) is 0 Å². The van der Waals surface area contributed by atoms with Crippen molar-refractivity contribution >= 4 is 12.2 Å². The van der Waals surface area contributed by atoms with E-state index in [4.69, 9.17) is 4.74 Å². The van der Waals surface area contributed by atoms with Crippen LogP contribution in [0.3, 0.4) is 0 Å². The lowest BCUT2D eigenvalue weighted by atomic mass is 9.98. The van der Waals surface area contributed by atoms with Gasteiger partial charge in [-0.1, -0.05) is 60.7 Å². The second-order valence-corrected chi connectivity index (χ2v) is 7.18. The monoisotopic (exact) mass is 384 g/mol. The van der Waals surface area contributed by atoms with E-state index in [0.29, 0.717) is 13.2 Å². The number of aryl methyl sites for hydroxylation is 1. The Balaban J connectivity index is 1.29. The Morgan fingerprint density at radius 1 is 1.07 bits per heavy atom. The topological polar surface area (TPSA) is 51.2 Å². The van der Waals surface area contributed by atoms with Crippen molar-refractivity contribution in [3.63, 3.8) is 0 Å². The second kappa shape index (κ2) is 8.74. The summed E-state index contributed by atoms with van der Waals surface area (Å²) in [6.45, 7) is 2.91. The van der Waals surface area contributed by atoms with Gasteiger partial charge in [0, 0.05) is 24.9 Å². The number of amides is 1. The molecule has 4 nitrogen and oxygen atoms in total. The van der Waals surface area contributed by atoms with Crippen LogP contribution in [-0.4, -0.2) is 24.2 Å². The highest BCUT2D eigenvalue weighted by Crippen LogP contribution is 2.44. The Labute approximate surface area is 171 Å². The van der Waals surface area contributed by atoms with Crippen molar-refractivity contribution in [3.8, 4) is 11.1 Å². The number of carbonyl (C=O) groups excluding carboxylic acids is 1. The normalized spacial score (nSPS) is 12.6. The number of rotatable bonds is 6. The molecule has 4 heteroatoms. The second-order valence-electron chi connectivity index (χ2n) is 7.18. The minimum absolute atomic E-state index is 0.0858. The van der Waals surface area contributed by atoms with Crippen LogP contribution in [0.4, 0.5) is 4.79 Å². The van der Waals surface area contributed by atoms with Gasteiger partial charge in [0.05, 0.1) is 0 Å². The zero-order valence-electron chi connectivity index (χ0n) is 16.5. The molecule has 1 heterocycles. The van der Waals surface area contributed by atoms with Crippen LogP contribution in [0.2, 0.25) is 0 Å². The van der Waals surface area contributed by atoms with Crippen LogP contribution in [0.15, 0.2) is 73.1 Å². The molecule has 1 N–H and O–H groups in total. The summed E-state index contributed by atoms with van der Waals surface area (Å²) in [7, 11) is 0. The Kier molecular flexibility index (Phi) is 5.71. The molecule has 0 atom stereocenters. The third-order valence-electron chi connectivity index (χ3n) is 5.29. The lowest BCUT2D eigenvalue weighted by molar-refractivity contribution is 0.143. The summed E-state index contributed by atoms with van der Waals surface area (Å²) in [6, 6.07) is 18.6. The van der Waals surface area contributed by atoms with Crippen LogP contribution in [0.1, 0.15) is 34.6 Å². The Morgan fingerprint density at radius 2 is 1.76 bits per heavy atom. The number of nitrogens with one attached hydrogen (secondary N) is 1. The first-order chi connectivity index (χ1) is 14.2. The van der Waals surface area contributed by atoms with E-state index in [1.54, 1.807) is 6.20 Å². The minimum atomic E-state index is -0.375. The molecule has 1 aliphatic carbocycles. The van der Waals surface area contributed by atoms with Gasteiger partial charge in [0.2, 0.25) is 0 Å². The number of aromatic nitrogens is 1. The Morgan fingerprint density at radius 3 is 2.45 bits per heavy atom. The highest BCUT2D eigenvalue weighted by atomic mass is 16.5. The standard InChI is InChI=1S/C25H24N2O2/c1-18-16-26-15-13-19(18)8-6-7-14-27-25(28)29-17-24-22-11-4-2-9-20(22)21-10-3-5-12-23(21)24/h2-6,8-13,15-16,24H,7,14,17H2,1H3,(H,27,28). The van der Waals surface area contributed by atoms with Crippen molar-refractivity contribution < 1.29 is 9.53 Å². The van der Waals surface area contributed by atoms with E-state index in [-0.39, 0.29) is 12.0 Å². The molecular weight excluding hydrogens is 360 g/mol. The molecule has 0 bridgehead atoms. The zero-order chi connectivity index (χ0) is 20.1. The van der Waals surface area contributed by atoms with Gasteiger partial charge in [0.15, 0.2) is 0 Å². The van der Waals surface area contributed by atoms with Crippen molar-refractivity contribution in [3.05, 3.63) is 95.3 Å². The number of fused-ring (bicyclic) bond motifs is 3. The third kappa shape index (κ3) is 4.21. The van der Waals surface area contributed by atoms with Gasteiger partial charge < -0.3 is 10.1 Å². The maximum absolute atomic E-state index is 12.1. The molecule has 0 fully saturated rings. The lowest BCUT2D eigenvalue weighted by Gasteiger charge is -2.14. The number of hydrogen-bond donors (Lipinski definition) is 1. The molecule has 146 valence electrons. The molecule has 4 rings (SSSR count). The first kappa shape index (κ1) is 18.9. The molecule has 2 aromatic carbocycles. The van der Waals surface area contributed by atoms with Gasteiger partial charge in [0.1, 0.15) is 6.61 Å². The fourth-order valence-electron chi connectivity index (χ4n) is 3.79. The predicted octanol–water partition coefficient (Wildman–Crippen LogP) is 5.33. The van der Waals surface area contributed by atoms with Gasteiger partial charge in [0.25, 0.3) is 0 Å². The van der Waals surface area contributed by atoms with Crippen LogP contribution >= 0.6 is 0 Å². The highest BCUT2D eigenvalue weighted by molar-refractivity contribution is 5.79. The van der Waals surface area contributed by atoms with E-state index >= 15 is 0 Å². The van der Waals surface area contributed by atoms with E-state index in [9.17, 15) is 4.79 Å². The lowest BCUT2D eigenvalue weighted by Crippen LogP contribution is -2.26. The number of alkyl carbamates (subject to hydrolysis) is 1. The number of nitrogens with zero attached hydrogens (tertiary/aromatic N) is 1. The van der Waals surface area contributed by atoms with Gasteiger partial charge in [-0.25, -0.2) is 4.79 Å². The maximum Gasteiger partial charge on any atom is 0.407 e. The molecule has 0 saturated heterocycles. The van der Waals surface area contributed by atoms with Crippen molar-refractivity contribution in [2.24, 2.45) is 0 Å². The van der Waals surface area contributed by atoms with Crippen LogP contribution < -0.4 is 5.32 Å². The summed E-state index contributed by atoms with van der Waals surface area (Å²) >= 11 is 0. The number of pyridine rings is 1. The smallest absolute Gasteiger partial charge is 0.407 e. The molecule has 1 amide bonds. The van der Waals surface area contributed by atoms with Crippen molar-refractivity contribution in [1.82, 2.24) is 10.3 Å². The molecule has 0 aliphatic heterocycles. The summed E-state index contributed by atoms with van der Waals surface area (Å²) in [6.07, 6.45) is 8.09. The highest BCUT2D eigenvalue weighted by Gasteiger charge is 2.28.